The van der Waals surface area contributed by atoms with E-state index < -0.39 is 0 Å². The number of hydrogen-bond donors (Lipinski definition) is 3. The fourth-order valence-corrected chi connectivity index (χ4v) is 1.89. The first kappa shape index (κ1) is 13.7. The maximum atomic E-state index is 12.0. The highest BCUT2D eigenvalue weighted by Crippen LogP contribution is 2.23. The number of nitrogens with zero attached hydrogens (tertiary/aromatic N) is 2. The topological polar surface area (TPSA) is 90.9 Å². The number of nitrogens with two attached hydrogens (primary N) is 1. The van der Waals surface area contributed by atoms with Crippen LogP contribution < -0.4 is 11.1 Å². The molecule has 0 radical (unpaired) electrons. The van der Waals surface area contributed by atoms with E-state index >= 15 is 0 Å². The van der Waals surface area contributed by atoms with Gasteiger partial charge in [-0.2, -0.15) is 0 Å². The summed E-state index contributed by atoms with van der Waals surface area (Å²) in [5, 5.41) is 16.2. The number of hydrogen-bond acceptors (Lipinski definition) is 3. The summed E-state index contributed by atoms with van der Waals surface area (Å²) in [5.41, 5.74) is 6.10. The van der Waals surface area contributed by atoms with Gasteiger partial charge in [0.2, 0.25) is 0 Å². The molecule has 104 valence electrons. The summed E-state index contributed by atoms with van der Waals surface area (Å²) in [6.07, 6.45) is 0. The zero-order valence-corrected chi connectivity index (χ0v) is 11.1. The Morgan fingerprint density at radius 1 is 1.30 bits per heavy atom. The molecule has 0 fully saturated rings. The Labute approximate surface area is 116 Å². The van der Waals surface area contributed by atoms with Crippen molar-refractivity contribution in [2.24, 2.45) is 10.9 Å². The maximum absolute atomic E-state index is 12.0. The Kier molecular flexibility index (Phi) is 4.05. The third-order valence-electron chi connectivity index (χ3n) is 2.91. The molecule has 0 saturated heterocycles. The normalized spacial score (nSPS) is 11.3. The van der Waals surface area contributed by atoms with E-state index in [9.17, 15) is 4.79 Å². The lowest BCUT2D eigenvalue weighted by molar-refractivity contribution is 0.227. The molecule has 2 aromatic rings. The lowest BCUT2D eigenvalue weighted by Gasteiger charge is -2.17. The van der Waals surface area contributed by atoms with Crippen LogP contribution in [0, 0.1) is 0 Å². The number of urea groups is 1. The molecule has 0 atom stereocenters. The predicted octanol–water partition coefficient (Wildman–Crippen LogP) is 2.05. The number of nitrogens with one attached hydrogen (secondary N) is 1. The van der Waals surface area contributed by atoms with Crippen molar-refractivity contribution < 1.29 is 10.0 Å². The number of anilines is 1. The van der Waals surface area contributed by atoms with Crippen LogP contribution in [0.2, 0.25) is 0 Å². The highest BCUT2D eigenvalue weighted by molar-refractivity contribution is 6.02. The van der Waals surface area contributed by atoms with Gasteiger partial charge in [0.05, 0.1) is 12.2 Å². The van der Waals surface area contributed by atoms with Crippen LogP contribution in [0.3, 0.4) is 0 Å². The van der Waals surface area contributed by atoms with Gasteiger partial charge >= 0.3 is 6.03 Å². The van der Waals surface area contributed by atoms with E-state index in [0.717, 1.165) is 16.5 Å². The van der Waals surface area contributed by atoms with Crippen molar-refractivity contribution in [2.45, 2.75) is 0 Å². The van der Waals surface area contributed by atoms with Crippen molar-refractivity contribution in [3.8, 4) is 0 Å². The van der Waals surface area contributed by atoms with E-state index in [1.54, 1.807) is 7.05 Å². The van der Waals surface area contributed by atoms with Gasteiger partial charge in [-0.25, -0.2) is 4.79 Å². The SMILES string of the molecule is CN(CC(N)=NO)C(=O)Nc1cccc2ccccc12. The molecular weight excluding hydrogens is 256 g/mol. The third-order valence-corrected chi connectivity index (χ3v) is 2.91. The molecule has 20 heavy (non-hydrogen) atoms. The number of oxime groups is 1. The summed E-state index contributed by atoms with van der Waals surface area (Å²) in [6, 6.07) is 13.1. The van der Waals surface area contributed by atoms with Crippen LogP contribution in [0.15, 0.2) is 47.6 Å². The third kappa shape index (κ3) is 2.97. The van der Waals surface area contributed by atoms with Gasteiger partial charge in [-0.15, -0.1) is 0 Å². The molecule has 0 aliphatic carbocycles. The highest BCUT2D eigenvalue weighted by atomic mass is 16.4. The number of benzene rings is 2. The van der Waals surface area contributed by atoms with Crippen molar-refractivity contribution in [1.82, 2.24) is 4.90 Å². The molecule has 0 aliphatic rings. The first-order valence-electron chi connectivity index (χ1n) is 6.08. The fourth-order valence-electron chi connectivity index (χ4n) is 1.89. The smallest absolute Gasteiger partial charge is 0.322 e. The van der Waals surface area contributed by atoms with Crippen LogP contribution in [-0.4, -0.2) is 35.6 Å². The van der Waals surface area contributed by atoms with Gasteiger partial charge in [-0.05, 0) is 11.5 Å². The Morgan fingerprint density at radius 2 is 2.00 bits per heavy atom. The highest BCUT2D eigenvalue weighted by Gasteiger charge is 2.11. The summed E-state index contributed by atoms with van der Waals surface area (Å²) in [5.74, 6) is -0.0273. The molecule has 0 aromatic heterocycles. The molecule has 2 aromatic carbocycles. The van der Waals surface area contributed by atoms with Crippen LogP contribution >= 0.6 is 0 Å². The van der Waals surface area contributed by atoms with E-state index in [1.807, 2.05) is 42.5 Å². The van der Waals surface area contributed by atoms with E-state index in [1.165, 1.54) is 4.90 Å². The van der Waals surface area contributed by atoms with Crippen LogP contribution in [0.25, 0.3) is 10.8 Å². The van der Waals surface area contributed by atoms with Crippen molar-refractivity contribution in [3.63, 3.8) is 0 Å². The number of carbonyl (C=O) groups excluding carboxylic acids is 1. The average molecular weight is 272 g/mol. The van der Waals surface area contributed by atoms with Crippen molar-refractivity contribution in [3.05, 3.63) is 42.5 Å². The Balaban J connectivity index is 2.18. The second-order valence-electron chi connectivity index (χ2n) is 4.40. The standard InChI is InChI=1S/C14H16N4O2/c1-18(9-13(15)17-20)14(19)16-12-8-4-6-10-5-2-3-7-11(10)12/h2-8,20H,9H2,1H3,(H2,15,17)(H,16,19). The zero-order valence-electron chi connectivity index (χ0n) is 11.1. The summed E-state index contributed by atoms with van der Waals surface area (Å²) >= 11 is 0. The first-order valence-corrected chi connectivity index (χ1v) is 6.08. The number of carbonyl (C=O) groups is 1. The van der Waals surface area contributed by atoms with E-state index in [4.69, 9.17) is 10.9 Å². The molecule has 0 spiro atoms. The monoisotopic (exact) mass is 272 g/mol. The quantitative estimate of drug-likeness (QED) is 0.345. The summed E-state index contributed by atoms with van der Waals surface area (Å²) in [4.78, 5) is 13.4. The molecular formula is C14H16N4O2. The number of amides is 2. The Bertz CT molecular complexity index is 649. The molecule has 0 unspecified atom stereocenters. The molecule has 6 heteroatoms. The Hall–Kier alpha value is -2.76. The van der Waals surface area contributed by atoms with Gasteiger partial charge in [0, 0.05) is 12.4 Å². The lowest BCUT2D eigenvalue weighted by Crippen LogP contribution is -2.38. The van der Waals surface area contributed by atoms with Gasteiger partial charge in [0.25, 0.3) is 0 Å². The maximum Gasteiger partial charge on any atom is 0.322 e. The Morgan fingerprint density at radius 3 is 2.75 bits per heavy atom. The van der Waals surface area contributed by atoms with Crippen molar-refractivity contribution >= 4 is 28.3 Å². The molecule has 0 bridgehead atoms. The number of rotatable bonds is 3. The summed E-state index contributed by atoms with van der Waals surface area (Å²) in [7, 11) is 1.57. The predicted molar refractivity (Wildman–Crippen MR) is 79.0 cm³/mol. The van der Waals surface area contributed by atoms with Crippen LogP contribution in [-0.2, 0) is 0 Å². The second kappa shape index (κ2) is 5.92. The largest absolute Gasteiger partial charge is 0.409 e. The van der Waals surface area contributed by atoms with Gasteiger partial charge in [0.1, 0.15) is 0 Å². The number of fused-ring (bicyclic) bond motifs is 1. The van der Waals surface area contributed by atoms with Crippen LogP contribution in [0.1, 0.15) is 0 Å². The summed E-state index contributed by atoms with van der Waals surface area (Å²) < 4.78 is 0. The van der Waals surface area contributed by atoms with Gasteiger partial charge in [-0.3, -0.25) is 0 Å². The zero-order chi connectivity index (χ0) is 14.5. The van der Waals surface area contributed by atoms with Crippen LogP contribution in [0.5, 0.6) is 0 Å². The average Bonchev–Trinajstić information content (AvgIpc) is 2.47. The lowest BCUT2D eigenvalue weighted by atomic mass is 10.1. The molecule has 4 N–H and O–H groups in total. The van der Waals surface area contributed by atoms with Crippen molar-refractivity contribution in [2.75, 3.05) is 18.9 Å². The fraction of sp³-hybridized carbons (Fsp3) is 0.143. The second-order valence-corrected chi connectivity index (χ2v) is 4.40. The number of likely N-dealkylation sites (N-methyl/N-ethyl adjacent to an activating group) is 1. The van der Waals surface area contributed by atoms with E-state index in [-0.39, 0.29) is 18.4 Å². The molecule has 2 rings (SSSR count). The number of amidine groups is 1. The molecule has 0 aliphatic heterocycles. The minimum atomic E-state index is -0.326. The first-order chi connectivity index (χ1) is 9.61. The van der Waals surface area contributed by atoms with Crippen molar-refractivity contribution in [1.29, 1.82) is 0 Å². The molecule has 6 nitrogen and oxygen atoms in total. The van der Waals surface area contributed by atoms with E-state index in [0.29, 0.717) is 0 Å². The van der Waals surface area contributed by atoms with Crippen LogP contribution in [0.4, 0.5) is 10.5 Å². The minimum Gasteiger partial charge on any atom is -0.409 e. The molecule has 0 heterocycles. The molecule has 2 amide bonds. The van der Waals surface area contributed by atoms with Gasteiger partial charge in [-0.1, -0.05) is 41.6 Å². The molecule has 0 saturated carbocycles. The van der Waals surface area contributed by atoms with Gasteiger partial charge < -0.3 is 21.2 Å². The van der Waals surface area contributed by atoms with E-state index in [2.05, 4.69) is 10.5 Å². The minimum absolute atomic E-state index is 0.0273. The van der Waals surface area contributed by atoms with Gasteiger partial charge in [0.15, 0.2) is 5.84 Å². The summed E-state index contributed by atoms with van der Waals surface area (Å²) in [6.45, 7) is 0.0487.